The summed E-state index contributed by atoms with van der Waals surface area (Å²) in [5.74, 6) is 0.162. The second-order valence-corrected chi connectivity index (χ2v) is 5.24. The first kappa shape index (κ1) is 12.0. The van der Waals surface area contributed by atoms with Crippen molar-refractivity contribution in [2.24, 2.45) is 0 Å². The van der Waals surface area contributed by atoms with Gasteiger partial charge in [-0.3, -0.25) is 0 Å². The van der Waals surface area contributed by atoms with Gasteiger partial charge in [0.25, 0.3) is 0 Å². The maximum absolute atomic E-state index is 11.1. The summed E-state index contributed by atoms with van der Waals surface area (Å²) in [7, 11) is 0. The number of carbonyl (C=O) groups is 1. The SMILES string of the molecule is CC(C)Nc1cc(C(=O)O)nc2cc(C3CC3)nn12. The van der Waals surface area contributed by atoms with Crippen molar-refractivity contribution in [1.29, 1.82) is 0 Å². The molecule has 0 unspecified atom stereocenters. The molecule has 0 radical (unpaired) electrons. The topological polar surface area (TPSA) is 79.5 Å². The molecule has 1 fully saturated rings. The van der Waals surface area contributed by atoms with E-state index in [1.165, 1.54) is 6.07 Å². The number of rotatable bonds is 4. The van der Waals surface area contributed by atoms with Crippen molar-refractivity contribution in [3.8, 4) is 0 Å². The molecule has 0 atom stereocenters. The summed E-state index contributed by atoms with van der Waals surface area (Å²) >= 11 is 0. The van der Waals surface area contributed by atoms with Gasteiger partial charge in [0.05, 0.1) is 5.69 Å². The fourth-order valence-electron chi connectivity index (χ4n) is 2.08. The van der Waals surface area contributed by atoms with Gasteiger partial charge in [-0.15, -0.1) is 0 Å². The van der Waals surface area contributed by atoms with E-state index in [1.54, 1.807) is 4.52 Å². The van der Waals surface area contributed by atoms with Crippen LogP contribution in [-0.4, -0.2) is 31.7 Å². The molecule has 1 aliphatic rings. The van der Waals surface area contributed by atoms with Crippen LogP contribution in [0.3, 0.4) is 0 Å². The van der Waals surface area contributed by atoms with Crippen molar-refractivity contribution in [1.82, 2.24) is 14.6 Å². The molecule has 2 aromatic rings. The molecule has 2 N–H and O–H groups in total. The molecular formula is C13H16N4O2. The quantitative estimate of drug-likeness (QED) is 0.880. The van der Waals surface area contributed by atoms with Gasteiger partial charge < -0.3 is 10.4 Å². The van der Waals surface area contributed by atoms with Crippen LogP contribution < -0.4 is 5.32 Å². The Hall–Kier alpha value is -2.11. The second-order valence-electron chi connectivity index (χ2n) is 5.24. The number of aromatic nitrogens is 3. The minimum absolute atomic E-state index is 0.0397. The lowest BCUT2D eigenvalue weighted by Crippen LogP contribution is -2.15. The van der Waals surface area contributed by atoms with E-state index < -0.39 is 5.97 Å². The van der Waals surface area contributed by atoms with Crippen molar-refractivity contribution in [2.45, 2.75) is 38.6 Å². The van der Waals surface area contributed by atoms with Crippen LogP contribution in [0.1, 0.15) is 48.8 Å². The first-order valence-corrected chi connectivity index (χ1v) is 6.45. The number of hydrogen-bond acceptors (Lipinski definition) is 4. The van der Waals surface area contributed by atoms with Gasteiger partial charge >= 0.3 is 5.97 Å². The molecule has 1 saturated carbocycles. The van der Waals surface area contributed by atoms with Gasteiger partial charge in [0.2, 0.25) is 0 Å². The lowest BCUT2D eigenvalue weighted by molar-refractivity contribution is 0.0690. The molecule has 0 aromatic carbocycles. The molecule has 0 amide bonds. The molecule has 0 spiro atoms. The Morgan fingerprint density at radius 3 is 2.79 bits per heavy atom. The number of fused-ring (bicyclic) bond motifs is 1. The van der Waals surface area contributed by atoms with Crippen LogP contribution in [-0.2, 0) is 0 Å². The smallest absolute Gasteiger partial charge is 0.354 e. The average Bonchev–Trinajstić information content (AvgIpc) is 3.08. The molecule has 0 bridgehead atoms. The Bertz CT molecular complexity index is 643. The number of nitrogens with one attached hydrogen (secondary N) is 1. The van der Waals surface area contributed by atoms with E-state index >= 15 is 0 Å². The Morgan fingerprint density at radius 2 is 2.21 bits per heavy atom. The third-order valence-electron chi connectivity index (χ3n) is 3.10. The van der Waals surface area contributed by atoms with Gasteiger partial charge in [-0.1, -0.05) is 0 Å². The van der Waals surface area contributed by atoms with Gasteiger partial charge in [-0.2, -0.15) is 9.61 Å². The number of aromatic carboxylic acids is 1. The standard InChI is InChI=1S/C13H16N4O2/c1-7(2)14-11-6-10(13(18)19)15-12-5-9(8-3-4-8)16-17(11)12/h5-8,14H,3-4H2,1-2H3,(H,18,19). The van der Waals surface area contributed by atoms with Crippen molar-refractivity contribution in [3.63, 3.8) is 0 Å². The largest absolute Gasteiger partial charge is 0.477 e. The van der Waals surface area contributed by atoms with Gasteiger partial charge in [-0.05, 0) is 26.7 Å². The summed E-state index contributed by atoms with van der Waals surface area (Å²) in [6, 6.07) is 3.61. The Kier molecular flexibility index (Phi) is 2.66. The summed E-state index contributed by atoms with van der Waals surface area (Å²) in [4.78, 5) is 15.3. The molecule has 6 heteroatoms. The predicted octanol–water partition coefficient (Wildman–Crippen LogP) is 2.13. The van der Waals surface area contributed by atoms with Crippen molar-refractivity contribution in [2.75, 3.05) is 5.32 Å². The van der Waals surface area contributed by atoms with Crippen LogP contribution in [0.15, 0.2) is 12.1 Å². The number of anilines is 1. The summed E-state index contributed by atoms with van der Waals surface area (Å²) in [5.41, 5.74) is 1.63. The minimum atomic E-state index is -1.02. The Morgan fingerprint density at radius 1 is 1.47 bits per heavy atom. The van der Waals surface area contributed by atoms with Crippen LogP contribution in [0.2, 0.25) is 0 Å². The van der Waals surface area contributed by atoms with Gasteiger partial charge in [0.1, 0.15) is 5.82 Å². The molecule has 0 saturated heterocycles. The van der Waals surface area contributed by atoms with E-state index in [2.05, 4.69) is 15.4 Å². The van der Waals surface area contributed by atoms with Gasteiger partial charge in [-0.25, -0.2) is 9.78 Å². The first-order valence-electron chi connectivity index (χ1n) is 6.45. The van der Waals surface area contributed by atoms with E-state index in [0.717, 1.165) is 18.5 Å². The van der Waals surface area contributed by atoms with Crippen LogP contribution >= 0.6 is 0 Å². The monoisotopic (exact) mass is 260 g/mol. The molecule has 2 aromatic heterocycles. The Labute approximate surface area is 110 Å². The third-order valence-corrected chi connectivity index (χ3v) is 3.10. The highest BCUT2D eigenvalue weighted by Crippen LogP contribution is 2.39. The maximum atomic E-state index is 11.1. The zero-order chi connectivity index (χ0) is 13.6. The lowest BCUT2D eigenvalue weighted by Gasteiger charge is -2.11. The summed E-state index contributed by atoms with van der Waals surface area (Å²) in [6.45, 7) is 4.00. The molecule has 19 heavy (non-hydrogen) atoms. The summed E-state index contributed by atoms with van der Waals surface area (Å²) < 4.78 is 1.69. The van der Waals surface area contributed by atoms with Crippen LogP contribution in [0.5, 0.6) is 0 Å². The zero-order valence-electron chi connectivity index (χ0n) is 10.9. The van der Waals surface area contributed by atoms with Crippen LogP contribution in [0.25, 0.3) is 5.65 Å². The molecule has 2 heterocycles. The molecule has 100 valence electrons. The lowest BCUT2D eigenvalue weighted by atomic mass is 10.3. The van der Waals surface area contributed by atoms with E-state index in [0.29, 0.717) is 17.4 Å². The van der Waals surface area contributed by atoms with Crippen molar-refractivity contribution < 1.29 is 9.90 Å². The van der Waals surface area contributed by atoms with Gasteiger partial charge in [0, 0.05) is 24.1 Å². The van der Waals surface area contributed by atoms with E-state index in [9.17, 15) is 4.79 Å². The summed E-state index contributed by atoms with van der Waals surface area (Å²) in [5, 5.41) is 16.9. The van der Waals surface area contributed by atoms with Crippen LogP contribution in [0.4, 0.5) is 5.82 Å². The summed E-state index contributed by atoms with van der Waals surface area (Å²) in [6.07, 6.45) is 2.31. The van der Waals surface area contributed by atoms with Gasteiger partial charge in [0.15, 0.2) is 11.3 Å². The Balaban J connectivity index is 2.14. The second kappa shape index (κ2) is 4.22. The predicted molar refractivity (Wildman–Crippen MR) is 70.7 cm³/mol. The molecule has 6 nitrogen and oxygen atoms in total. The third kappa shape index (κ3) is 2.25. The number of nitrogens with zero attached hydrogens (tertiary/aromatic N) is 3. The fraction of sp³-hybridized carbons (Fsp3) is 0.462. The molecule has 0 aliphatic heterocycles. The number of carboxylic acids is 1. The number of carboxylic acid groups (broad SMARTS) is 1. The number of hydrogen-bond donors (Lipinski definition) is 2. The highest BCUT2D eigenvalue weighted by Gasteiger charge is 2.27. The molecule has 1 aliphatic carbocycles. The van der Waals surface area contributed by atoms with Crippen LogP contribution in [0, 0.1) is 0 Å². The van der Waals surface area contributed by atoms with E-state index in [-0.39, 0.29) is 11.7 Å². The van der Waals surface area contributed by atoms with E-state index in [4.69, 9.17) is 5.11 Å². The normalized spacial score (nSPS) is 15.1. The minimum Gasteiger partial charge on any atom is -0.477 e. The average molecular weight is 260 g/mol. The fourth-order valence-corrected chi connectivity index (χ4v) is 2.08. The highest BCUT2D eigenvalue weighted by molar-refractivity contribution is 5.87. The molecular weight excluding hydrogens is 244 g/mol. The maximum Gasteiger partial charge on any atom is 0.354 e. The highest BCUT2D eigenvalue weighted by atomic mass is 16.4. The van der Waals surface area contributed by atoms with E-state index in [1.807, 2.05) is 19.9 Å². The molecule has 3 rings (SSSR count). The first-order chi connectivity index (χ1) is 9.04. The van der Waals surface area contributed by atoms with Crippen molar-refractivity contribution >= 4 is 17.4 Å². The zero-order valence-corrected chi connectivity index (χ0v) is 10.9. The van der Waals surface area contributed by atoms with Crippen molar-refractivity contribution in [3.05, 3.63) is 23.5 Å².